The number of esters is 1. The van der Waals surface area contributed by atoms with Crippen molar-refractivity contribution in [3.05, 3.63) is 0 Å². The molecular weight excluding hydrogens is 234 g/mol. The lowest BCUT2D eigenvalue weighted by Crippen LogP contribution is -2.49. The number of hydrogen-bond donors (Lipinski definition) is 1. The molecule has 1 aliphatic rings. The second kappa shape index (κ2) is 5.12. The Morgan fingerprint density at radius 2 is 2.27 bits per heavy atom. The molecule has 0 spiro atoms. The van der Waals surface area contributed by atoms with Crippen LogP contribution in [0.1, 0.15) is 20.3 Å². The second-order valence-electron chi connectivity index (χ2n) is 3.75. The number of methoxy groups -OCH3 is 1. The first-order chi connectivity index (χ1) is 6.97. The molecule has 1 fully saturated rings. The van der Waals surface area contributed by atoms with Gasteiger partial charge < -0.3 is 10.1 Å². The summed E-state index contributed by atoms with van der Waals surface area (Å²) in [5.41, 5.74) is 0. The van der Waals surface area contributed by atoms with Gasteiger partial charge in [-0.05, 0) is 20.3 Å². The van der Waals surface area contributed by atoms with Crippen LogP contribution < -0.4 is 5.32 Å². The number of ether oxygens (including phenoxy) is 1. The topological polar surface area (TPSA) is 55.4 Å². The number of hydrogen-bond acceptors (Lipinski definition) is 5. The van der Waals surface area contributed by atoms with Gasteiger partial charge in [0.15, 0.2) is 0 Å². The predicted molar refractivity (Wildman–Crippen MR) is 62.7 cm³/mol. The minimum atomic E-state index is -0.504. The van der Waals surface area contributed by atoms with E-state index in [1.54, 1.807) is 10.8 Å². The van der Waals surface area contributed by atoms with Crippen molar-refractivity contribution in [1.82, 2.24) is 5.32 Å². The summed E-state index contributed by atoms with van der Waals surface area (Å²) in [5, 5.41) is 2.71. The van der Waals surface area contributed by atoms with Gasteiger partial charge >= 0.3 is 5.97 Å². The first kappa shape index (κ1) is 12.7. The summed E-state index contributed by atoms with van der Waals surface area (Å²) >= 11 is 0. The highest BCUT2D eigenvalue weighted by Gasteiger charge is 2.34. The Hall–Kier alpha value is -0.360. The van der Waals surface area contributed by atoms with Crippen LogP contribution in [0.25, 0.3) is 0 Å². The molecule has 1 saturated heterocycles. The monoisotopic (exact) mass is 249 g/mol. The molecule has 0 aromatic heterocycles. The smallest absolute Gasteiger partial charge is 0.328 e. The van der Waals surface area contributed by atoms with Crippen LogP contribution in [0.2, 0.25) is 0 Å². The average Bonchev–Trinajstić information content (AvgIpc) is 2.19. The van der Waals surface area contributed by atoms with Gasteiger partial charge in [-0.15, -0.1) is 0 Å². The van der Waals surface area contributed by atoms with Crippen molar-refractivity contribution in [2.45, 2.75) is 31.1 Å². The standard InChI is InChI=1S/C9H15NO3S2/c1-9(2)8(12)10-6(7(11)13-3)4-5-14-15-9/h6H,4-5H2,1-3H3,(H,10,12). The SMILES string of the molecule is COC(=O)C1CCSSC(C)(C)C(=O)N1. The first-order valence-electron chi connectivity index (χ1n) is 4.67. The molecule has 0 bridgehead atoms. The molecule has 1 rings (SSSR count). The summed E-state index contributed by atoms with van der Waals surface area (Å²) in [6, 6.07) is -0.504. The number of amides is 1. The van der Waals surface area contributed by atoms with Crippen LogP contribution in [0.15, 0.2) is 0 Å². The minimum Gasteiger partial charge on any atom is -0.467 e. The Morgan fingerprint density at radius 3 is 2.87 bits per heavy atom. The van der Waals surface area contributed by atoms with E-state index >= 15 is 0 Å². The maximum atomic E-state index is 11.8. The van der Waals surface area contributed by atoms with Crippen LogP contribution in [0.4, 0.5) is 0 Å². The Morgan fingerprint density at radius 1 is 1.60 bits per heavy atom. The van der Waals surface area contributed by atoms with Crippen molar-refractivity contribution >= 4 is 33.5 Å². The largest absolute Gasteiger partial charge is 0.467 e. The lowest BCUT2D eigenvalue weighted by molar-refractivity contribution is -0.145. The normalized spacial score (nSPS) is 26.1. The highest BCUT2D eigenvalue weighted by Crippen LogP contribution is 2.37. The van der Waals surface area contributed by atoms with E-state index in [0.29, 0.717) is 6.42 Å². The van der Waals surface area contributed by atoms with Crippen molar-refractivity contribution < 1.29 is 14.3 Å². The maximum absolute atomic E-state index is 11.8. The molecule has 1 N–H and O–H groups in total. The van der Waals surface area contributed by atoms with Gasteiger partial charge in [0.25, 0.3) is 0 Å². The van der Waals surface area contributed by atoms with Crippen LogP contribution in [0.5, 0.6) is 0 Å². The third-order valence-electron chi connectivity index (χ3n) is 2.09. The number of rotatable bonds is 1. The van der Waals surface area contributed by atoms with Gasteiger partial charge in [-0.25, -0.2) is 4.79 Å². The molecule has 86 valence electrons. The molecule has 6 heteroatoms. The van der Waals surface area contributed by atoms with Crippen LogP contribution in [-0.4, -0.2) is 35.5 Å². The molecule has 1 amide bonds. The van der Waals surface area contributed by atoms with Crippen molar-refractivity contribution in [3.8, 4) is 0 Å². The molecule has 4 nitrogen and oxygen atoms in total. The average molecular weight is 249 g/mol. The summed E-state index contributed by atoms with van der Waals surface area (Å²) in [6.07, 6.45) is 0.617. The highest BCUT2D eigenvalue weighted by atomic mass is 33.1. The van der Waals surface area contributed by atoms with E-state index in [9.17, 15) is 9.59 Å². The lowest BCUT2D eigenvalue weighted by atomic mass is 10.1. The third kappa shape index (κ3) is 3.31. The molecule has 0 saturated carbocycles. The third-order valence-corrected chi connectivity index (χ3v) is 5.32. The second-order valence-corrected chi connectivity index (χ2v) is 6.79. The van der Waals surface area contributed by atoms with Crippen LogP contribution in [0.3, 0.4) is 0 Å². The molecule has 1 unspecified atom stereocenters. The van der Waals surface area contributed by atoms with Crippen LogP contribution in [-0.2, 0) is 14.3 Å². The van der Waals surface area contributed by atoms with Gasteiger partial charge in [-0.1, -0.05) is 21.6 Å². The van der Waals surface area contributed by atoms with E-state index in [-0.39, 0.29) is 11.9 Å². The first-order valence-corrected chi connectivity index (χ1v) is 6.98. The fraction of sp³-hybridized carbons (Fsp3) is 0.778. The van der Waals surface area contributed by atoms with E-state index in [0.717, 1.165) is 5.75 Å². The van der Waals surface area contributed by atoms with Gasteiger partial charge in [0.2, 0.25) is 5.91 Å². The zero-order valence-electron chi connectivity index (χ0n) is 9.03. The Labute approximate surface area is 97.3 Å². The summed E-state index contributed by atoms with van der Waals surface area (Å²) in [4.78, 5) is 23.1. The molecule has 0 aromatic rings. The fourth-order valence-corrected chi connectivity index (χ4v) is 3.61. The molecule has 15 heavy (non-hydrogen) atoms. The Kier molecular flexibility index (Phi) is 4.33. The van der Waals surface area contributed by atoms with E-state index in [2.05, 4.69) is 10.1 Å². The summed E-state index contributed by atoms with van der Waals surface area (Å²) in [5.74, 6) is 0.343. The molecule has 0 aliphatic carbocycles. The summed E-state index contributed by atoms with van der Waals surface area (Å²) < 4.78 is 4.13. The summed E-state index contributed by atoms with van der Waals surface area (Å²) in [6.45, 7) is 3.69. The van der Waals surface area contributed by atoms with Gasteiger partial charge in [-0.2, -0.15) is 0 Å². The molecule has 0 aromatic carbocycles. The maximum Gasteiger partial charge on any atom is 0.328 e. The van der Waals surface area contributed by atoms with Crippen LogP contribution >= 0.6 is 21.6 Å². The van der Waals surface area contributed by atoms with E-state index in [1.807, 2.05) is 13.8 Å². The number of nitrogens with one attached hydrogen (secondary N) is 1. The fourth-order valence-electron chi connectivity index (χ4n) is 1.12. The van der Waals surface area contributed by atoms with Crippen LogP contribution in [0, 0.1) is 0 Å². The zero-order chi connectivity index (χ0) is 11.5. The van der Waals surface area contributed by atoms with Gasteiger partial charge in [0, 0.05) is 5.75 Å². The van der Waals surface area contributed by atoms with E-state index in [4.69, 9.17) is 0 Å². The molecule has 1 heterocycles. The Balaban J connectivity index is 2.70. The molecule has 0 radical (unpaired) electrons. The molecule has 1 aliphatic heterocycles. The lowest BCUT2D eigenvalue weighted by Gasteiger charge is -2.28. The highest BCUT2D eigenvalue weighted by molar-refractivity contribution is 8.77. The number of carbonyl (C=O) groups is 2. The van der Waals surface area contributed by atoms with Gasteiger partial charge in [0.05, 0.1) is 11.9 Å². The zero-order valence-corrected chi connectivity index (χ0v) is 10.7. The molecule has 1 atom stereocenters. The van der Waals surface area contributed by atoms with Gasteiger partial charge in [-0.3, -0.25) is 4.79 Å². The van der Waals surface area contributed by atoms with E-state index < -0.39 is 10.8 Å². The Bertz CT molecular complexity index is 268. The van der Waals surface area contributed by atoms with Crippen molar-refractivity contribution in [1.29, 1.82) is 0 Å². The minimum absolute atomic E-state index is 0.116. The quantitative estimate of drug-likeness (QED) is 0.559. The van der Waals surface area contributed by atoms with Gasteiger partial charge in [0.1, 0.15) is 6.04 Å². The van der Waals surface area contributed by atoms with E-state index in [1.165, 1.54) is 17.9 Å². The van der Waals surface area contributed by atoms with Crippen molar-refractivity contribution in [3.63, 3.8) is 0 Å². The summed E-state index contributed by atoms with van der Waals surface area (Å²) in [7, 11) is 4.49. The van der Waals surface area contributed by atoms with Crippen molar-refractivity contribution in [2.24, 2.45) is 0 Å². The van der Waals surface area contributed by atoms with Crippen molar-refractivity contribution in [2.75, 3.05) is 12.9 Å². The number of carbonyl (C=O) groups excluding carboxylic acids is 2. The predicted octanol–water partition coefficient (Wildman–Crippen LogP) is 1.21. The molecular formula is C9H15NO3S2.